The van der Waals surface area contributed by atoms with Gasteiger partial charge < -0.3 is 0 Å². The molecule has 14 heavy (non-hydrogen) atoms. The predicted molar refractivity (Wildman–Crippen MR) is 55.4 cm³/mol. The summed E-state index contributed by atoms with van der Waals surface area (Å²) in [6.45, 7) is 3.86. The van der Waals surface area contributed by atoms with Gasteiger partial charge in [-0.25, -0.2) is 4.98 Å². The van der Waals surface area contributed by atoms with Gasteiger partial charge in [0.2, 0.25) is 5.91 Å². The number of hydrogen-bond acceptors (Lipinski definition) is 2. The van der Waals surface area contributed by atoms with Gasteiger partial charge in [0, 0.05) is 6.42 Å². The van der Waals surface area contributed by atoms with E-state index < -0.39 is 0 Å². The Labute approximate surface area is 82.4 Å². The van der Waals surface area contributed by atoms with E-state index in [-0.39, 0.29) is 5.91 Å². The van der Waals surface area contributed by atoms with Gasteiger partial charge in [-0.3, -0.25) is 9.36 Å². The zero-order chi connectivity index (χ0) is 10.1. The van der Waals surface area contributed by atoms with E-state index in [9.17, 15) is 4.79 Å². The maximum atomic E-state index is 11.5. The van der Waals surface area contributed by atoms with E-state index in [4.69, 9.17) is 0 Å². The van der Waals surface area contributed by atoms with Crippen LogP contribution in [0.1, 0.15) is 23.7 Å². The molecular weight excluding hydrogens is 176 g/mol. The quantitative estimate of drug-likeness (QED) is 0.688. The number of aryl methyl sites for hydroxylation is 1. The number of carbonyl (C=O) groups is 1. The second-order valence-electron chi connectivity index (χ2n) is 3.35. The van der Waals surface area contributed by atoms with Crippen LogP contribution in [-0.2, 0) is 0 Å². The molecule has 0 saturated heterocycles. The van der Waals surface area contributed by atoms with Gasteiger partial charge in [0.1, 0.15) is 6.33 Å². The normalized spacial score (nSPS) is 10.7. The first kappa shape index (κ1) is 8.94. The second-order valence-corrected chi connectivity index (χ2v) is 3.35. The smallest absolute Gasteiger partial charge is 0.232 e. The summed E-state index contributed by atoms with van der Waals surface area (Å²) in [7, 11) is 0. The molecule has 1 heterocycles. The number of hydrogen-bond donors (Lipinski definition) is 0. The van der Waals surface area contributed by atoms with Crippen molar-refractivity contribution in [3.8, 4) is 0 Å². The standard InChI is InChI=1S/C11H12N2O/c1-3-11(14)13-7-12-9-6-8(2)4-5-10(9)13/h4-7H,3H2,1-2H3. The van der Waals surface area contributed by atoms with Gasteiger partial charge in [-0.15, -0.1) is 0 Å². The highest BCUT2D eigenvalue weighted by Crippen LogP contribution is 2.14. The predicted octanol–water partition coefficient (Wildman–Crippen LogP) is 2.39. The molecule has 0 N–H and O–H groups in total. The molecule has 0 amide bonds. The summed E-state index contributed by atoms with van der Waals surface area (Å²) in [5.74, 6) is 0.0800. The third-order valence-electron chi connectivity index (χ3n) is 2.27. The minimum atomic E-state index is 0.0800. The summed E-state index contributed by atoms with van der Waals surface area (Å²) in [4.78, 5) is 15.7. The summed E-state index contributed by atoms with van der Waals surface area (Å²) in [5, 5.41) is 0. The van der Waals surface area contributed by atoms with Crippen molar-refractivity contribution in [2.24, 2.45) is 0 Å². The molecule has 72 valence electrons. The van der Waals surface area contributed by atoms with E-state index in [1.165, 1.54) is 0 Å². The van der Waals surface area contributed by atoms with Crippen LogP contribution in [0.15, 0.2) is 24.5 Å². The number of nitrogens with zero attached hydrogens (tertiary/aromatic N) is 2. The molecule has 0 aliphatic carbocycles. The first-order valence-corrected chi connectivity index (χ1v) is 4.69. The average molecular weight is 188 g/mol. The lowest BCUT2D eigenvalue weighted by Gasteiger charge is -1.99. The molecule has 0 bridgehead atoms. The Morgan fingerprint density at radius 2 is 2.29 bits per heavy atom. The molecule has 0 radical (unpaired) electrons. The number of fused-ring (bicyclic) bond motifs is 1. The summed E-state index contributed by atoms with van der Waals surface area (Å²) in [5.41, 5.74) is 2.93. The van der Waals surface area contributed by atoms with Crippen LogP contribution >= 0.6 is 0 Å². The molecule has 0 saturated carbocycles. The van der Waals surface area contributed by atoms with Gasteiger partial charge in [0.25, 0.3) is 0 Å². The minimum Gasteiger partial charge on any atom is -0.274 e. The molecule has 0 fully saturated rings. The van der Waals surface area contributed by atoms with Crippen molar-refractivity contribution < 1.29 is 4.79 Å². The van der Waals surface area contributed by atoms with Gasteiger partial charge in [0.15, 0.2) is 0 Å². The number of benzene rings is 1. The Hall–Kier alpha value is -1.64. The molecule has 2 aromatic rings. The van der Waals surface area contributed by atoms with E-state index >= 15 is 0 Å². The third-order valence-corrected chi connectivity index (χ3v) is 2.27. The van der Waals surface area contributed by atoms with Gasteiger partial charge in [-0.1, -0.05) is 13.0 Å². The lowest BCUT2D eigenvalue weighted by molar-refractivity contribution is 0.0913. The van der Waals surface area contributed by atoms with E-state index in [2.05, 4.69) is 4.98 Å². The van der Waals surface area contributed by atoms with Gasteiger partial charge in [0.05, 0.1) is 11.0 Å². The number of imidazole rings is 1. The van der Waals surface area contributed by atoms with Gasteiger partial charge >= 0.3 is 0 Å². The van der Waals surface area contributed by atoms with Crippen molar-refractivity contribution in [1.29, 1.82) is 0 Å². The fourth-order valence-electron chi connectivity index (χ4n) is 1.49. The summed E-state index contributed by atoms with van der Waals surface area (Å²) in [6.07, 6.45) is 2.09. The molecule has 0 aliphatic rings. The maximum absolute atomic E-state index is 11.5. The average Bonchev–Trinajstić information content (AvgIpc) is 2.59. The molecule has 1 aromatic heterocycles. The molecule has 2 rings (SSSR count). The Balaban J connectivity index is 2.64. The number of aromatic nitrogens is 2. The van der Waals surface area contributed by atoms with E-state index in [0.29, 0.717) is 6.42 Å². The van der Waals surface area contributed by atoms with Crippen molar-refractivity contribution >= 4 is 16.9 Å². The minimum absolute atomic E-state index is 0.0800. The van der Waals surface area contributed by atoms with Crippen LogP contribution in [0.4, 0.5) is 0 Å². The Bertz CT molecular complexity index is 485. The molecule has 0 atom stereocenters. The topological polar surface area (TPSA) is 34.9 Å². The van der Waals surface area contributed by atoms with Crippen molar-refractivity contribution in [2.75, 3.05) is 0 Å². The van der Waals surface area contributed by atoms with E-state index in [0.717, 1.165) is 16.6 Å². The fraction of sp³-hybridized carbons (Fsp3) is 0.273. The van der Waals surface area contributed by atoms with E-state index in [1.54, 1.807) is 10.9 Å². The zero-order valence-corrected chi connectivity index (χ0v) is 8.32. The molecule has 0 spiro atoms. The highest BCUT2D eigenvalue weighted by molar-refractivity contribution is 5.90. The monoisotopic (exact) mass is 188 g/mol. The molecule has 1 aromatic carbocycles. The van der Waals surface area contributed by atoms with Crippen LogP contribution < -0.4 is 0 Å². The molecule has 3 heteroatoms. The number of rotatable bonds is 1. The molecular formula is C11H12N2O. The number of carbonyl (C=O) groups excluding carboxylic acids is 1. The van der Waals surface area contributed by atoms with Crippen molar-refractivity contribution in [3.63, 3.8) is 0 Å². The molecule has 3 nitrogen and oxygen atoms in total. The van der Waals surface area contributed by atoms with Crippen LogP contribution in [0.3, 0.4) is 0 Å². The highest BCUT2D eigenvalue weighted by atomic mass is 16.2. The SMILES string of the molecule is CCC(=O)n1cnc2cc(C)ccc21. The van der Waals surface area contributed by atoms with Gasteiger partial charge in [-0.05, 0) is 24.6 Å². The van der Waals surface area contributed by atoms with Crippen LogP contribution in [0.5, 0.6) is 0 Å². The third kappa shape index (κ3) is 1.31. The Kier molecular flexibility index (Phi) is 2.08. The Morgan fingerprint density at radius 3 is 3.00 bits per heavy atom. The first-order valence-electron chi connectivity index (χ1n) is 4.69. The summed E-state index contributed by atoms with van der Waals surface area (Å²) >= 11 is 0. The summed E-state index contributed by atoms with van der Waals surface area (Å²) < 4.78 is 1.61. The van der Waals surface area contributed by atoms with Crippen molar-refractivity contribution in [2.45, 2.75) is 20.3 Å². The van der Waals surface area contributed by atoms with Crippen LogP contribution in [0, 0.1) is 6.92 Å². The lowest BCUT2D eigenvalue weighted by atomic mass is 10.2. The summed E-state index contributed by atoms with van der Waals surface area (Å²) in [6, 6.07) is 5.91. The van der Waals surface area contributed by atoms with Crippen LogP contribution in [0.2, 0.25) is 0 Å². The largest absolute Gasteiger partial charge is 0.274 e. The van der Waals surface area contributed by atoms with Crippen LogP contribution in [-0.4, -0.2) is 15.5 Å². The fourth-order valence-corrected chi connectivity index (χ4v) is 1.49. The van der Waals surface area contributed by atoms with Crippen molar-refractivity contribution in [3.05, 3.63) is 30.1 Å². The lowest BCUT2D eigenvalue weighted by Crippen LogP contribution is -2.06. The van der Waals surface area contributed by atoms with Gasteiger partial charge in [-0.2, -0.15) is 0 Å². The highest BCUT2D eigenvalue weighted by Gasteiger charge is 2.07. The molecule has 0 aliphatic heterocycles. The Morgan fingerprint density at radius 1 is 1.50 bits per heavy atom. The second kappa shape index (κ2) is 3.25. The van der Waals surface area contributed by atoms with Crippen LogP contribution in [0.25, 0.3) is 11.0 Å². The molecule has 0 unspecified atom stereocenters. The zero-order valence-electron chi connectivity index (χ0n) is 8.32. The first-order chi connectivity index (χ1) is 6.72. The van der Waals surface area contributed by atoms with Crippen molar-refractivity contribution in [1.82, 2.24) is 9.55 Å². The maximum Gasteiger partial charge on any atom is 0.232 e. The van der Waals surface area contributed by atoms with E-state index in [1.807, 2.05) is 32.0 Å².